The molecule has 0 aromatic rings. The van der Waals surface area contributed by atoms with Crippen molar-refractivity contribution < 1.29 is 9.53 Å². The van der Waals surface area contributed by atoms with Gasteiger partial charge in [0.25, 0.3) is 0 Å². The Bertz CT molecular complexity index is 314. The molecule has 1 amide bonds. The van der Waals surface area contributed by atoms with Gasteiger partial charge in [-0.3, -0.25) is 4.79 Å². The maximum atomic E-state index is 12.5. The van der Waals surface area contributed by atoms with Gasteiger partial charge < -0.3 is 15.4 Å². The predicted octanol–water partition coefficient (Wildman–Crippen LogP) is 1.79. The largest absolute Gasteiger partial charge is 0.379 e. The number of thioether (sulfide) groups is 1. The predicted molar refractivity (Wildman–Crippen MR) is 84.1 cm³/mol. The quantitative estimate of drug-likeness (QED) is 0.785. The van der Waals surface area contributed by atoms with Crippen molar-refractivity contribution in [3.8, 4) is 0 Å². The molecule has 0 aromatic carbocycles. The normalized spacial score (nSPS) is 34.1. The summed E-state index contributed by atoms with van der Waals surface area (Å²) in [6, 6.07) is 0.532. The Hall–Kier alpha value is -0.260. The van der Waals surface area contributed by atoms with E-state index in [9.17, 15) is 4.79 Å². The maximum absolute atomic E-state index is 12.5. The number of carbonyl (C=O) groups is 1. The third kappa shape index (κ3) is 4.12. The van der Waals surface area contributed by atoms with Gasteiger partial charge in [0.1, 0.15) is 0 Å². The number of hydrogen-bond acceptors (Lipinski definition) is 4. The van der Waals surface area contributed by atoms with Gasteiger partial charge in [0.15, 0.2) is 0 Å². The molecule has 0 aromatic heterocycles. The van der Waals surface area contributed by atoms with Gasteiger partial charge >= 0.3 is 0 Å². The van der Waals surface area contributed by atoms with Crippen LogP contribution in [0.4, 0.5) is 0 Å². The second-order valence-corrected chi connectivity index (χ2v) is 6.96. The van der Waals surface area contributed by atoms with Crippen LogP contribution in [0.5, 0.6) is 0 Å². The average Bonchev–Trinajstić information content (AvgIpc) is 2.94. The number of rotatable bonds is 6. The molecule has 2 aliphatic rings. The molecule has 4 atom stereocenters. The molecular weight excluding hydrogens is 272 g/mol. The number of amides is 1. The van der Waals surface area contributed by atoms with E-state index in [0.717, 1.165) is 19.4 Å². The standard InChI is InChI=1S/C15H28N2O2S/c1-3-8-16-13-10-19-9-11(13)15(18)17-12-6-4-5-7-14(12)20-2/h11-14,16H,3-10H2,1-2H3,(H,17,18). The Morgan fingerprint density at radius 3 is 2.80 bits per heavy atom. The first-order chi connectivity index (χ1) is 9.76. The third-order valence-electron chi connectivity index (χ3n) is 4.41. The summed E-state index contributed by atoms with van der Waals surface area (Å²) in [6.07, 6.45) is 8.12. The molecule has 1 aliphatic heterocycles. The molecule has 0 bridgehead atoms. The van der Waals surface area contributed by atoms with Gasteiger partial charge in [-0.05, 0) is 32.1 Å². The van der Waals surface area contributed by atoms with Gasteiger partial charge in [-0.2, -0.15) is 11.8 Å². The average molecular weight is 300 g/mol. The maximum Gasteiger partial charge on any atom is 0.227 e. The van der Waals surface area contributed by atoms with Crippen molar-refractivity contribution in [1.82, 2.24) is 10.6 Å². The van der Waals surface area contributed by atoms with Crippen molar-refractivity contribution in [3.05, 3.63) is 0 Å². The molecule has 1 heterocycles. The van der Waals surface area contributed by atoms with Crippen molar-refractivity contribution in [2.24, 2.45) is 5.92 Å². The third-order valence-corrected chi connectivity index (χ3v) is 5.58. The zero-order valence-corrected chi connectivity index (χ0v) is 13.5. The lowest BCUT2D eigenvalue weighted by molar-refractivity contribution is -0.126. The van der Waals surface area contributed by atoms with E-state index in [1.807, 2.05) is 11.8 Å². The molecule has 0 radical (unpaired) electrons. The lowest BCUT2D eigenvalue weighted by atomic mass is 9.93. The lowest BCUT2D eigenvalue weighted by Crippen LogP contribution is -2.50. The van der Waals surface area contributed by atoms with Crippen LogP contribution in [0.1, 0.15) is 39.0 Å². The van der Waals surface area contributed by atoms with E-state index >= 15 is 0 Å². The first kappa shape index (κ1) is 16.1. The highest BCUT2D eigenvalue weighted by Gasteiger charge is 2.35. The summed E-state index contributed by atoms with van der Waals surface area (Å²) in [4.78, 5) is 12.5. The Labute approximate surface area is 126 Å². The molecule has 4 unspecified atom stereocenters. The Balaban J connectivity index is 1.86. The van der Waals surface area contributed by atoms with E-state index < -0.39 is 0 Å². The molecular formula is C15H28N2O2S. The Kier molecular flexibility index (Phi) is 6.65. The van der Waals surface area contributed by atoms with Gasteiger partial charge in [0.05, 0.1) is 19.1 Å². The number of ether oxygens (including phenoxy) is 1. The minimum absolute atomic E-state index is 0.0222. The fourth-order valence-electron chi connectivity index (χ4n) is 3.18. The SMILES string of the molecule is CCCNC1COCC1C(=O)NC1CCCCC1SC. The van der Waals surface area contributed by atoms with Crippen LogP contribution in [0.25, 0.3) is 0 Å². The van der Waals surface area contributed by atoms with Gasteiger partial charge in [-0.15, -0.1) is 0 Å². The second-order valence-electron chi connectivity index (χ2n) is 5.88. The highest BCUT2D eigenvalue weighted by molar-refractivity contribution is 7.99. The van der Waals surface area contributed by atoms with Gasteiger partial charge in [0.2, 0.25) is 5.91 Å². The smallest absolute Gasteiger partial charge is 0.227 e. The zero-order valence-electron chi connectivity index (χ0n) is 12.7. The van der Waals surface area contributed by atoms with Crippen LogP contribution < -0.4 is 10.6 Å². The summed E-state index contributed by atoms with van der Waals surface area (Å²) in [5.41, 5.74) is 0. The molecule has 20 heavy (non-hydrogen) atoms. The van der Waals surface area contributed by atoms with Crippen LogP contribution in [0.15, 0.2) is 0 Å². The Morgan fingerprint density at radius 1 is 1.25 bits per heavy atom. The molecule has 116 valence electrons. The molecule has 1 saturated carbocycles. The zero-order chi connectivity index (χ0) is 14.4. The van der Waals surface area contributed by atoms with Crippen molar-refractivity contribution in [2.75, 3.05) is 26.0 Å². The van der Waals surface area contributed by atoms with Crippen molar-refractivity contribution in [3.63, 3.8) is 0 Å². The van der Waals surface area contributed by atoms with E-state index in [1.165, 1.54) is 19.3 Å². The fraction of sp³-hybridized carbons (Fsp3) is 0.933. The molecule has 1 saturated heterocycles. The van der Waals surface area contributed by atoms with Crippen LogP contribution >= 0.6 is 11.8 Å². The summed E-state index contributed by atoms with van der Waals surface area (Å²) in [5.74, 6) is 0.160. The molecule has 0 spiro atoms. The summed E-state index contributed by atoms with van der Waals surface area (Å²) < 4.78 is 5.50. The van der Waals surface area contributed by atoms with E-state index in [4.69, 9.17) is 4.74 Å². The van der Waals surface area contributed by atoms with Crippen LogP contribution in [0.3, 0.4) is 0 Å². The van der Waals surface area contributed by atoms with Crippen molar-refractivity contribution in [1.29, 1.82) is 0 Å². The summed E-state index contributed by atoms with van der Waals surface area (Å²) in [6.45, 7) is 4.32. The van der Waals surface area contributed by atoms with Crippen molar-refractivity contribution >= 4 is 17.7 Å². The first-order valence-corrected chi connectivity index (χ1v) is 9.19. The minimum Gasteiger partial charge on any atom is -0.379 e. The number of nitrogens with one attached hydrogen (secondary N) is 2. The van der Waals surface area contributed by atoms with Crippen LogP contribution in [0, 0.1) is 5.92 Å². The van der Waals surface area contributed by atoms with E-state index in [0.29, 0.717) is 24.5 Å². The van der Waals surface area contributed by atoms with Gasteiger partial charge in [0, 0.05) is 17.3 Å². The molecule has 1 aliphatic carbocycles. The summed E-state index contributed by atoms with van der Waals surface area (Å²) in [7, 11) is 0. The van der Waals surface area contributed by atoms with E-state index in [1.54, 1.807) is 0 Å². The summed E-state index contributed by atoms with van der Waals surface area (Å²) in [5, 5.41) is 7.30. The molecule has 5 heteroatoms. The second kappa shape index (κ2) is 8.25. The molecule has 4 nitrogen and oxygen atoms in total. The summed E-state index contributed by atoms with van der Waals surface area (Å²) >= 11 is 1.89. The lowest BCUT2D eigenvalue weighted by Gasteiger charge is -2.32. The first-order valence-electron chi connectivity index (χ1n) is 7.90. The van der Waals surface area contributed by atoms with Gasteiger partial charge in [-0.25, -0.2) is 0 Å². The van der Waals surface area contributed by atoms with Crippen LogP contribution in [-0.2, 0) is 9.53 Å². The fourth-order valence-corrected chi connectivity index (χ4v) is 4.11. The molecule has 2 rings (SSSR count). The number of hydrogen-bond donors (Lipinski definition) is 2. The number of carbonyl (C=O) groups excluding carboxylic acids is 1. The monoisotopic (exact) mass is 300 g/mol. The van der Waals surface area contributed by atoms with E-state index in [2.05, 4.69) is 23.8 Å². The minimum atomic E-state index is -0.0222. The van der Waals surface area contributed by atoms with Crippen LogP contribution in [0.2, 0.25) is 0 Å². The van der Waals surface area contributed by atoms with Crippen molar-refractivity contribution in [2.45, 2.75) is 56.4 Å². The Morgan fingerprint density at radius 2 is 2.05 bits per heavy atom. The molecule has 2 fully saturated rings. The van der Waals surface area contributed by atoms with Crippen LogP contribution in [-0.4, -0.2) is 49.3 Å². The van der Waals surface area contributed by atoms with E-state index in [-0.39, 0.29) is 17.9 Å². The van der Waals surface area contributed by atoms with Gasteiger partial charge in [-0.1, -0.05) is 19.8 Å². The molecule has 2 N–H and O–H groups in total. The highest BCUT2D eigenvalue weighted by atomic mass is 32.2. The topological polar surface area (TPSA) is 50.4 Å². The highest BCUT2D eigenvalue weighted by Crippen LogP contribution is 2.27.